The van der Waals surface area contributed by atoms with Gasteiger partial charge in [0.2, 0.25) is 0 Å². The zero-order chi connectivity index (χ0) is 16.8. The molecule has 7 aliphatic rings. The topological polar surface area (TPSA) is 34.1 Å². The van der Waals surface area contributed by atoms with E-state index in [4.69, 9.17) is 0 Å². The van der Waals surface area contributed by atoms with E-state index >= 15 is 0 Å². The highest BCUT2D eigenvalue weighted by molar-refractivity contribution is 5.95. The highest BCUT2D eigenvalue weighted by Crippen LogP contribution is 2.95. The molecule has 10 atom stereocenters. The van der Waals surface area contributed by atoms with Gasteiger partial charge in [-0.25, -0.2) is 0 Å². The second-order valence-electron chi connectivity index (χ2n) is 11.2. The van der Waals surface area contributed by atoms with Crippen LogP contribution in [0.4, 0.5) is 0 Å². The minimum atomic E-state index is -0.00969. The van der Waals surface area contributed by atoms with Crippen LogP contribution in [0.3, 0.4) is 0 Å². The van der Waals surface area contributed by atoms with E-state index in [1.165, 1.54) is 38.5 Å². The van der Waals surface area contributed by atoms with Crippen molar-refractivity contribution in [2.24, 2.45) is 57.7 Å². The molecule has 7 rings (SSSR count). The highest BCUT2D eigenvalue weighted by atomic mass is 16.1. The smallest absolute Gasteiger partial charge is 0.140 e. The number of Topliss-reactive ketones (excluding diaryl/α,β-unsaturated/α-hetero) is 2. The third kappa shape index (κ3) is 1.17. The third-order valence-electron chi connectivity index (χ3n) is 11.5. The summed E-state index contributed by atoms with van der Waals surface area (Å²) in [5.41, 5.74) is 0.556. The second kappa shape index (κ2) is 3.94. The van der Waals surface area contributed by atoms with Gasteiger partial charge in [-0.3, -0.25) is 9.59 Å². The molecule has 0 aromatic rings. The minimum Gasteiger partial charge on any atom is -0.299 e. The fourth-order valence-corrected chi connectivity index (χ4v) is 11.1. The Morgan fingerprint density at radius 2 is 1.64 bits per heavy atom. The Labute approximate surface area is 150 Å². The van der Waals surface area contributed by atoms with Crippen LogP contribution >= 0.6 is 0 Å². The average Bonchev–Trinajstić information content (AvgIpc) is 2.95. The molecule has 1 spiro atoms. The summed E-state index contributed by atoms with van der Waals surface area (Å²) < 4.78 is 0. The van der Waals surface area contributed by atoms with Crippen LogP contribution in [0.2, 0.25) is 0 Å². The van der Waals surface area contributed by atoms with Gasteiger partial charge in [-0.05, 0) is 91.8 Å². The fraction of sp³-hybridized carbons (Fsp3) is 0.913. The van der Waals surface area contributed by atoms with Gasteiger partial charge < -0.3 is 0 Å². The molecule has 7 unspecified atom stereocenters. The van der Waals surface area contributed by atoms with Crippen LogP contribution in [-0.4, -0.2) is 11.6 Å². The zero-order valence-electron chi connectivity index (χ0n) is 15.4. The van der Waals surface area contributed by atoms with E-state index in [2.05, 4.69) is 6.92 Å². The van der Waals surface area contributed by atoms with Crippen LogP contribution in [0, 0.1) is 57.7 Å². The first kappa shape index (κ1) is 14.4. The van der Waals surface area contributed by atoms with Gasteiger partial charge in [0.15, 0.2) is 0 Å². The van der Waals surface area contributed by atoms with Crippen LogP contribution < -0.4 is 0 Å². The molecule has 0 aliphatic heterocycles. The number of ketones is 2. The van der Waals surface area contributed by atoms with Gasteiger partial charge in [0.25, 0.3) is 0 Å². The fourth-order valence-electron chi connectivity index (χ4n) is 11.1. The lowest BCUT2D eigenvalue weighted by molar-refractivity contribution is -0.134. The Kier molecular flexibility index (Phi) is 2.27. The molecule has 0 radical (unpaired) electrons. The number of rotatable bonds is 0. The first-order chi connectivity index (χ1) is 12.1. The SMILES string of the molecule is C[C@]12CCC3[C@@H](CCC45C(=O)CC6C7CCCC7C4C635)[C@@H]1CCC2=O. The third-order valence-corrected chi connectivity index (χ3v) is 11.5. The Morgan fingerprint density at radius 3 is 2.52 bits per heavy atom. The number of hydrogen-bond donors (Lipinski definition) is 0. The maximum Gasteiger partial charge on any atom is 0.140 e. The monoisotopic (exact) mass is 338 g/mol. The van der Waals surface area contributed by atoms with Crippen molar-refractivity contribution in [1.82, 2.24) is 0 Å². The maximum absolute atomic E-state index is 13.2. The van der Waals surface area contributed by atoms with Crippen LogP contribution in [0.15, 0.2) is 0 Å². The Hall–Kier alpha value is -0.660. The van der Waals surface area contributed by atoms with E-state index in [1.807, 2.05) is 0 Å². The first-order valence-electron chi connectivity index (χ1n) is 11.1. The molecule has 0 saturated heterocycles. The summed E-state index contributed by atoms with van der Waals surface area (Å²) in [7, 11) is 0. The summed E-state index contributed by atoms with van der Waals surface area (Å²) in [4.78, 5) is 25.8. The molecule has 7 saturated carbocycles. The molecule has 2 heteroatoms. The van der Waals surface area contributed by atoms with Crippen molar-refractivity contribution in [3.63, 3.8) is 0 Å². The summed E-state index contributed by atoms with van der Waals surface area (Å²) in [6, 6.07) is 0. The Morgan fingerprint density at radius 1 is 0.800 bits per heavy atom. The van der Waals surface area contributed by atoms with Gasteiger partial charge >= 0.3 is 0 Å². The number of carbonyl (C=O) groups is 2. The predicted molar refractivity (Wildman–Crippen MR) is 93.6 cm³/mol. The molecule has 25 heavy (non-hydrogen) atoms. The molecule has 0 N–H and O–H groups in total. The standard InChI is InChI=1S/C23H30O2/c1-21-9-8-16-14(15(21)5-6-18(21)24)7-10-22-19(25)11-17-12-3-2-4-13(12)20(22)23(16,17)22/h12-17,20H,2-11H2,1H3/t12?,13?,14-,15-,16?,17?,20?,21-,22?,23?/m0/s1. The zero-order valence-corrected chi connectivity index (χ0v) is 15.4. The average molecular weight is 338 g/mol. The lowest BCUT2D eigenvalue weighted by Gasteiger charge is -2.52. The van der Waals surface area contributed by atoms with Crippen molar-refractivity contribution < 1.29 is 9.59 Å². The Balaban J connectivity index is 1.36. The normalized spacial score (nSPS) is 66.0. The molecule has 134 valence electrons. The minimum absolute atomic E-state index is 0.00969. The van der Waals surface area contributed by atoms with Crippen molar-refractivity contribution in [1.29, 1.82) is 0 Å². The van der Waals surface area contributed by atoms with Crippen molar-refractivity contribution >= 4 is 11.6 Å². The second-order valence-corrected chi connectivity index (χ2v) is 11.2. The summed E-state index contributed by atoms with van der Waals surface area (Å²) in [5.74, 6) is 6.74. The lowest BCUT2D eigenvalue weighted by atomic mass is 9.51. The van der Waals surface area contributed by atoms with Crippen molar-refractivity contribution in [2.45, 2.75) is 71.1 Å². The number of hydrogen-bond acceptors (Lipinski definition) is 2. The van der Waals surface area contributed by atoms with Gasteiger partial charge in [0, 0.05) is 23.7 Å². The summed E-state index contributed by atoms with van der Waals surface area (Å²) in [6.45, 7) is 2.29. The van der Waals surface area contributed by atoms with Gasteiger partial charge in [-0.2, -0.15) is 0 Å². The first-order valence-corrected chi connectivity index (χ1v) is 11.1. The van der Waals surface area contributed by atoms with E-state index in [9.17, 15) is 9.59 Å². The van der Waals surface area contributed by atoms with E-state index in [-0.39, 0.29) is 10.8 Å². The van der Waals surface area contributed by atoms with Crippen molar-refractivity contribution in [2.75, 3.05) is 0 Å². The van der Waals surface area contributed by atoms with Crippen LogP contribution in [0.1, 0.15) is 71.1 Å². The summed E-state index contributed by atoms with van der Waals surface area (Å²) >= 11 is 0. The quantitative estimate of drug-likeness (QED) is 0.655. The molecule has 0 heterocycles. The van der Waals surface area contributed by atoms with Gasteiger partial charge in [0.05, 0.1) is 0 Å². The van der Waals surface area contributed by atoms with Crippen LogP contribution in [0.5, 0.6) is 0 Å². The molecule has 0 aromatic heterocycles. The van der Waals surface area contributed by atoms with E-state index in [0.717, 1.165) is 61.2 Å². The van der Waals surface area contributed by atoms with Gasteiger partial charge in [0.1, 0.15) is 11.6 Å². The number of carbonyl (C=O) groups excluding carboxylic acids is 2. The van der Waals surface area contributed by atoms with Crippen molar-refractivity contribution in [3.05, 3.63) is 0 Å². The molecule has 7 fully saturated rings. The van der Waals surface area contributed by atoms with Crippen LogP contribution in [0.25, 0.3) is 0 Å². The van der Waals surface area contributed by atoms with Crippen LogP contribution in [-0.2, 0) is 9.59 Å². The maximum atomic E-state index is 13.2. The summed E-state index contributed by atoms with van der Waals surface area (Å²) in [6.07, 6.45) is 12.0. The molecular formula is C23H30O2. The molecular weight excluding hydrogens is 308 g/mol. The molecule has 2 nitrogen and oxygen atoms in total. The van der Waals surface area contributed by atoms with Gasteiger partial charge in [-0.15, -0.1) is 0 Å². The lowest BCUT2D eigenvalue weighted by Crippen LogP contribution is -2.48. The van der Waals surface area contributed by atoms with Crippen molar-refractivity contribution in [3.8, 4) is 0 Å². The van der Waals surface area contributed by atoms with E-state index < -0.39 is 0 Å². The molecule has 0 bridgehead atoms. The molecule has 7 aliphatic carbocycles. The predicted octanol–water partition coefficient (Wildman–Crippen LogP) is 4.41. The molecule has 0 amide bonds. The van der Waals surface area contributed by atoms with E-state index in [1.54, 1.807) is 0 Å². The van der Waals surface area contributed by atoms with E-state index in [0.29, 0.717) is 22.9 Å². The van der Waals surface area contributed by atoms with Gasteiger partial charge in [-0.1, -0.05) is 13.3 Å². The summed E-state index contributed by atoms with van der Waals surface area (Å²) in [5, 5.41) is 0. The highest BCUT2D eigenvalue weighted by Gasteiger charge is 2.94. The Bertz CT molecular complexity index is 726. The molecule has 0 aromatic carbocycles. The largest absolute Gasteiger partial charge is 0.299 e. The number of fused-ring (bicyclic) bond motifs is 6.